The number of nitro benzene ring substituents is 1. The maximum Gasteiger partial charge on any atom is 0.269 e. The molecule has 0 aliphatic carbocycles. The molecule has 0 aliphatic heterocycles. The van der Waals surface area contributed by atoms with E-state index in [1.807, 2.05) is 42.5 Å². The number of hydrogen-bond acceptors (Lipinski definition) is 5. The van der Waals surface area contributed by atoms with Crippen molar-refractivity contribution in [2.75, 3.05) is 7.11 Å². The number of H-pyrrole nitrogens is 1. The SMILES string of the molecule is COc1cc(-c2nc3ccccc3[nH]2)ccc1OCc1ccc([N+](=O)[O-])cc1. The molecule has 0 saturated heterocycles. The third-order valence-corrected chi connectivity index (χ3v) is 4.37. The van der Waals surface area contributed by atoms with Crippen LogP contribution < -0.4 is 9.47 Å². The first-order valence-corrected chi connectivity index (χ1v) is 8.63. The van der Waals surface area contributed by atoms with Crippen LogP contribution in [0.5, 0.6) is 11.5 Å². The molecule has 28 heavy (non-hydrogen) atoms. The van der Waals surface area contributed by atoms with Crippen molar-refractivity contribution in [3.05, 3.63) is 82.4 Å². The van der Waals surface area contributed by atoms with Crippen LogP contribution in [0, 0.1) is 10.1 Å². The summed E-state index contributed by atoms with van der Waals surface area (Å²) in [5.41, 5.74) is 3.63. The Morgan fingerprint density at radius 2 is 1.82 bits per heavy atom. The predicted octanol–water partition coefficient (Wildman–Crippen LogP) is 4.73. The minimum absolute atomic E-state index is 0.0523. The molecule has 0 fully saturated rings. The minimum atomic E-state index is -0.426. The van der Waals surface area contributed by atoms with Gasteiger partial charge in [-0.2, -0.15) is 0 Å². The molecule has 1 heterocycles. The van der Waals surface area contributed by atoms with Crippen molar-refractivity contribution in [2.24, 2.45) is 0 Å². The van der Waals surface area contributed by atoms with Crippen LogP contribution in [0.25, 0.3) is 22.4 Å². The molecule has 1 N–H and O–H groups in total. The van der Waals surface area contributed by atoms with E-state index < -0.39 is 4.92 Å². The van der Waals surface area contributed by atoms with E-state index in [1.165, 1.54) is 12.1 Å². The first kappa shape index (κ1) is 17.5. The maximum absolute atomic E-state index is 10.7. The van der Waals surface area contributed by atoms with Crippen molar-refractivity contribution in [3.8, 4) is 22.9 Å². The summed E-state index contributed by atoms with van der Waals surface area (Å²) in [4.78, 5) is 18.2. The summed E-state index contributed by atoms with van der Waals surface area (Å²) in [6, 6.07) is 19.7. The number of nitro groups is 1. The van der Waals surface area contributed by atoms with Crippen molar-refractivity contribution in [2.45, 2.75) is 6.61 Å². The lowest BCUT2D eigenvalue weighted by Gasteiger charge is -2.11. The number of rotatable bonds is 6. The smallest absolute Gasteiger partial charge is 0.269 e. The lowest BCUT2D eigenvalue weighted by molar-refractivity contribution is -0.384. The fourth-order valence-electron chi connectivity index (χ4n) is 2.90. The first-order valence-electron chi connectivity index (χ1n) is 8.63. The van der Waals surface area contributed by atoms with Crippen molar-refractivity contribution < 1.29 is 14.4 Å². The molecule has 0 unspecified atom stereocenters. The van der Waals surface area contributed by atoms with Crippen molar-refractivity contribution in [1.82, 2.24) is 9.97 Å². The van der Waals surface area contributed by atoms with Crippen LogP contribution in [0.2, 0.25) is 0 Å². The fourth-order valence-corrected chi connectivity index (χ4v) is 2.90. The van der Waals surface area contributed by atoms with Gasteiger partial charge in [0.25, 0.3) is 5.69 Å². The first-order chi connectivity index (χ1) is 13.6. The summed E-state index contributed by atoms with van der Waals surface area (Å²) < 4.78 is 11.3. The number of non-ortho nitro benzene ring substituents is 1. The van der Waals surface area contributed by atoms with Gasteiger partial charge < -0.3 is 14.5 Å². The number of para-hydroxylation sites is 2. The molecule has 0 saturated carbocycles. The van der Waals surface area contributed by atoms with E-state index in [0.29, 0.717) is 11.5 Å². The van der Waals surface area contributed by atoms with E-state index in [1.54, 1.807) is 19.2 Å². The highest BCUT2D eigenvalue weighted by atomic mass is 16.6. The Morgan fingerprint density at radius 1 is 1.04 bits per heavy atom. The molecule has 3 aromatic carbocycles. The molecule has 4 rings (SSSR count). The Morgan fingerprint density at radius 3 is 2.54 bits per heavy atom. The summed E-state index contributed by atoms with van der Waals surface area (Å²) in [7, 11) is 1.58. The lowest BCUT2D eigenvalue weighted by atomic mass is 10.2. The highest BCUT2D eigenvalue weighted by Gasteiger charge is 2.11. The van der Waals surface area contributed by atoms with Crippen LogP contribution in [0.15, 0.2) is 66.7 Å². The van der Waals surface area contributed by atoms with E-state index in [0.717, 1.165) is 28.0 Å². The number of nitrogens with one attached hydrogen (secondary N) is 1. The van der Waals surface area contributed by atoms with Gasteiger partial charge in [-0.05, 0) is 48.0 Å². The number of hydrogen-bond donors (Lipinski definition) is 1. The minimum Gasteiger partial charge on any atom is -0.493 e. The molecule has 0 bridgehead atoms. The second-order valence-corrected chi connectivity index (χ2v) is 6.18. The van der Waals surface area contributed by atoms with Gasteiger partial charge in [-0.3, -0.25) is 10.1 Å². The highest BCUT2D eigenvalue weighted by Crippen LogP contribution is 2.33. The average Bonchev–Trinajstić information content (AvgIpc) is 3.16. The summed E-state index contributed by atoms with van der Waals surface area (Å²) in [6.07, 6.45) is 0. The Hall–Kier alpha value is -3.87. The molecule has 0 atom stereocenters. The Labute approximate surface area is 160 Å². The normalized spacial score (nSPS) is 10.8. The molecule has 4 aromatic rings. The van der Waals surface area contributed by atoms with Gasteiger partial charge in [-0.25, -0.2) is 4.98 Å². The van der Waals surface area contributed by atoms with Crippen molar-refractivity contribution in [3.63, 3.8) is 0 Å². The number of benzene rings is 3. The molecule has 140 valence electrons. The Balaban J connectivity index is 1.54. The van der Waals surface area contributed by atoms with Gasteiger partial charge in [-0.1, -0.05) is 12.1 Å². The summed E-state index contributed by atoms with van der Waals surface area (Å²) in [5.74, 6) is 1.92. The largest absolute Gasteiger partial charge is 0.493 e. The molecule has 1 aromatic heterocycles. The second kappa shape index (κ2) is 7.40. The molecular weight excluding hydrogens is 358 g/mol. The molecule has 0 radical (unpaired) electrons. The predicted molar refractivity (Wildman–Crippen MR) is 106 cm³/mol. The van der Waals surface area contributed by atoms with Crippen LogP contribution in [-0.4, -0.2) is 22.0 Å². The van der Waals surface area contributed by atoms with Crippen LogP contribution in [0.1, 0.15) is 5.56 Å². The van der Waals surface area contributed by atoms with Gasteiger partial charge in [0.15, 0.2) is 11.5 Å². The molecule has 7 nitrogen and oxygen atoms in total. The second-order valence-electron chi connectivity index (χ2n) is 6.18. The van der Waals surface area contributed by atoms with Crippen molar-refractivity contribution in [1.29, 1.82) is 0 Å². The van der Waals surface area contributed by atoms with E-state index >= 15 is 0 Å². The Bertz CT molecular complexity index is 1100. The van der Waals surface area contributed by atoms with Crippen LogP contribution in [0.4, 0.5) is 5.69 Å². The molecule has 0 aliphatic rings. The number of ether oxygens (including phenoxy) is 2. The fraction of sp³-hybridized carbons (Fsp3) is 0.0952. The summed E-state index contributed by atoms with van der Waals surface area (Å²) >= 11 is 0. The number of aromatic amines is 1. The molecular formula is C21H17N3O4. The van der Waals surface area contributed by atoms with Crippen LogP contribution >= 0.6 is 0 Å². The number of aromatic nitrogens is 2. The van der Waals surface area contributed by atoms with E-state index in [2.05, 4.69) is 9.97 Å². The number of nitrogens with zero attached hydrogens (tertiary/aromatic N) is 2. The maximum atomic E-state index is 10.7. The van der Waals surface area contributed by atoms with Gasteiger partial charge in [0.2, 0.25) is 0 Å². The lowest BCUT2D eigenvalue weighted by Crippen LogP contribution is -1.98. The molecule has 7 heteroatoms. The zero-order valence-corrected chi connectivity index (χ0v) is 15.1. The van der Waals surface area contributed by atoms with E-state index in [-0.39, 0.29) is 12.3 Å². The van der Waals surface area contributed by atoms with Gasteiger partial charge in [0.1, 0.15) is 12.4 Å². The molecule has 0 amide bonds. The van der Waals surface area contributed by atoms with Crippen LogP contribution in [-0.2, 0) is 6.61 Å². The number of methoxy groups -OCH3 is 1. The van der Waals surface area contributed by atoms with Crippen LogP contribution in [0.3, 0.4) is 0 Å². The zero-order valence-electron chi connectivity index (χ0n) is 15.1. The van der Waals surface area contributed by atoms with E-state index in [9.17, 15) is 10.1 Å². The monoisotopic (exact) mass is 375 g/mol. The summed E-state index contributed by atoms with van der Waals surface area (Å²) in [6.45, 7) is 0.276. The quantitative estimate of drug-likeness (QED) is 0.389. The summed E-state index contributed by atoms with van der Waals surface area (Å²) in [5, 5.41) is 10.7. The topological polar surface area (TPSA) is 90.3 Å². The average molecular weight is 375 g/mol. The molecule has 0 spiro atoms. The van der Waals surface area contributed by atoms with Gasteiger partial charge in [-0.15, -0.1) is 0 Å². The van der Waals surface area contributed by atoms with Gasteiger partial charge >= 0.3 is 0 Å². The number of imidazole rings is 1. The van der Waals surface area contributed by atoms with E-state index in [4.69, 9.17) is 9.47 Å². The van der Waals surface area contributed by atoms with Gasteiger partial charge in [0.05, 0.1) is 23.1 Å². The van der Waals surface area contributed by atoms with Crippen molar-refractivity contribution >= 4 is 16.7 Å². The standard InChI is InChI=1S/C21H17N3O4/c1-27-20-12-15(21-22-17-4-2-3-5-18(17)23-21)8-11-19(20)28-13-14-6-9-16(10-7-14)24(25)26/h2-12H,13H2,1H3,(H,22,23). The van der Waals surface area contributed by atoms with Gasteiger partial charge in [0, 0.05) is 17.7 Å². The Kier molecular flexibility index (Phi) is 4.63. The third-order valence-electron chi connectivity index (χ3n) is 4.37. The highest BCUT2D eigenvalue weighted by molar-refractivity contribution is 5.79. The third kappa shape index (κ3) is 3.50. The zero-order chi connectivity index (χ0) is 19.5. The number of fused-ring (bicyclic) bond motifs is 1.